The number of nitrogens with zero attached hydrogens (tertiary/aromatic N) is 1. The maximum Gasteiger partial charge on any atom is 0.174 e. The molecule has 0 radical (unpaired) electrons. The highest BCUT2D eigenvalue weighted by Crippen LogP contribution is 2.12. The summed E-state index contributed by atoms with van der Waals surface area (Å²) in [4.78, 5) is 0. The largest absolute Gasteiger partial charge is 0.490 e. The highest BCUT2D eigenvalue weighted by Gasteiger charge is 2.01. The van der Waals surface area contributed by atoms with Gasteiger partial charge in [0.15, 0.2) is 6.10 Å². The van der Waals surface area contributed by atoms with Gasteiger partial charge in [0.25, 0.3) is 0 Å². The molecule has 68 valence electrons. The van der Waals surface area contributed by atoms with Crippen LogP contribution in [-0.2, 0) is 0 Å². The number of hydrogen-bond acceptors (Lipinski definition) is 3. The first-order chi connectivity index (χ1) is 6.22. The molecule has 0 amide bonds. The van der Waals surface area contributed by atoms with E-state index < -0.39 is 6.10 Å². The summed E-state index contributed by atoms with van der Waals surface area (Å²) in [5.74, 6) is 0.675. The fraction of sp³-hybridized carbons (Fsp3) is 0.300. The molecule has 0 aliphatic rings. The van der Waals surface area contributed by atoms with Crippen molar-refractivity contribution in [2.45, 2.75) is 13.0 Å². The van der Waals surface area contributed by atoms with E-state index in [0.29, 0.717) is 5.75 Å². The van der Waals surface area contributed by atoms with E-state index in [2.05, 4.69) is 0 Å². The molecule has 1 atom stereocenters. The SMILES string of the molecule is Cc1cccc(OCC(O)C#N)c1. The Bertz CT molecular complexity index is 317. The summed E-state index contributed by atoms with van der Waals surface area (Å²) in [6.07, 6.45) is -1.06. The molecule has 1 unspecified atom stereocenters. The molecule has 0 spiro atoms. The zero-order chi connectivity index (χ0) is 9.68. The van der Waals surface area contributed by atoms with Gasteiger partial charge in [0.2, 0.25) is 0 Å². The highest BCUT2D eigenvalue weighted by atomic mass is 16.5. The molecule has 0 fully saturated rings. The van der Waals surface area contributed by atoms with Crippen LogP contribution in [0.4, 0.5) is 0 Å². The van der Waals surface area contributed by atoms with Gasteiger partial charge in [-0.1, -0.05) is 12.1 Å². The van der Waals surface area contributed by atoms with Gasteiger partial charge < -0.3 is 9.84 Å². The molecule has 3 nitrogen and oxygen atoms in total. The predicted octanol–water partition coefficient (Wildman–Crippen LogP) is 1.26. The molecular formula is C10H11NO2. The number of aryl methyl sites for hydroxylation is 1. The summed E-state index contributed by atoms with van der Waals surface area (Å²) in [6.45, 7) is 1.97. The van der Waals surface area contributed by atoms with Gasteiger partial charge in [-0.3, -0.25) is 0 Å². The molecular weight excluding hydrogens is 166 g/mol. The summed E-state index contributed by atoms with van der Waals surface area (Å²) in [5.41, 5.74) is 1.09. The minimum Gasteiger partial charge on any atom is -0.490 e. The molecule has 0 aliphatic carbocycles. The van der Waals surface area contributed by atoms with E-state index in [1.165, 1.54) is 0 Å². The van der Waals surface area contributed by atoms with Gasteiger partial charge in [-0.15, -0.1) is 0 Å². The van der Waals surface area contributed by atoms with Gasteiger partial charge in [-0.05, 0) is 24.6 Å². The maximum atomic E-state index is 8.90. The molecule has 0 saturated carbocycles. The number of nitriles is 1. The van der Waals surface area contributed by atoms with E-state index in [1.807, 2.05) is 25.1 Å². The summed E-state index contributed by atoms with van der Waals surface area (Å²) in [5, 5.41) is 17.2. The number of aliphatic hydroxyl groups is 1. The molecule has 0 bridgehead atoms. The molecule has 1 aromatic carbocycles. The Balaban J connectivity index is 2.51. The van der Waals surface area contributed by atoms with Gasteiger partial charge in [-0.2, -0.15) is 5.26 Å². The molecule has 0 aromatic heterocycles. The third-order valence-electron chi connectivity index (χ3n) is 1.55. The number of hydrogen-bond donors (Lipinski definition) is 1. The van der Waals surface area contributed by atoms with Crippen LogP contribution in [0, 0.1) is 18.3 Å². The smallest absolute Gasteiger partial charge is 0.174 e. The minimum absolute atomic E-state index is 0.0138. The van der Waals surface area contributed by atoms with Crippen molar-refractivity contribution in [3.05, 3.63) is 29.8 Å². The molecule has 1 aromatic rings. The third kappa shape index (κ3) is 3.14. The number of ether oxygens (including phenoxy) is 1. The van der Waals surface area contributed by atoms with Crippen LogP contribution < -0.4 is 4.74 Å². The molecule has 3 heteroatoms. The zero-order valence-electron chi connectivity index (χ0n) is 7.40. The van der Waals surface area contributed by atoms with E-state index in [9.17, 15) is 0 Å². The van der Waals surface area contributed by atoms with Gasteiger partial charge in [0.1, 0.15) is 12.4 Å². The molecule has 13 heavy (non-hydrogen) atoms. The first kappa shape index (κ1) is 9.56. The second-order valence-corrected chi connectivity index (χ2v) is 2.77. The third-order valence-corrected chi connectivity index (χ3v) is 1.55. The summed E-state index contributed by atoms with van der Waals surface area (Å²) in [7, 11) is 0. The van der Waals surface area contributed by atoms with Gasteiger partial charge in [0.05, 0.1) is 6.07 Å². The van der Waals surface area contributed by atoms with Crippen LogP contribution in [0.5, 0.6) is 5.75 Å². The quantitative estimate of drug-likeness (QED) is 0.707. The van der Waals surface area contributed by atoms with Crippen molar-refractivity contribution >= 4 is 0 Å². The molecule has 1 N–H and O–H groups in total. The van der Waals surface area contributed by atoms with E-state index in [4.69, 9.17) is 15.1 Å². The molecule has 1 rings (SSSR count). The van der Waals surface area contributed by atoms with Crippen LogP contribution in [0.25, 0.3) is 0 Å². The number of benzene rings is 1. The van der Waals surface area contributed by atoms with E-state index in [1.54, 1.807) is 12.1 Å². The van der Waals surface area contributed by atoms with Crippen LogP contribution in [-0.4, -0.2) is 17.8 Å². The van der Waals surface area contributed by atoms with Crippen molar-refractivity contribution in [3.63, 3.8) is 0 Å². The van der Waals surface area contributed by atoms with Gasteiger partial charge in [0, 0.05) is 0 Å². The van der Waals surface area contributed by atoms with Crippen LogP contribution in [0.15, 0.2) is 24.3 Å². The monoisotopic (exact) mass is 177 g/mol. The Morgan fingerprint density at radius 1 is 1.62 bits per heavy atom. The average molecular weight is 177 g/mol. The number of rotatable bonds is 3. The summed E-state index contributed by atoms with van der Waals surface area (Å²) < 4.78 is 5.17. The van der Waals surface area contributed by atoms with Gasteiger partial charge >= 0.3 is 0 Å². The lowest BCUT2D eigenvalue weighted by Gasteiger charge is -2.06. The van der Waals surface area contributed by atoms with E-state index in [0.717, 1.165) is 5.56 Å². The molecule has 0 aliphatic heterocycles. The van der Waals surface area contributed by atoms with Crippen LogP contribution in [0.2, 0.25) is 0 Å². The fourth-order valence-corrected chi connectivity index (χ4v) is 0.918. The Morgan fingerprint density at radius 2 is 2.38 bits per heavy atom. The van der Waals surface area contributed by atoms with Crippen LogP contribution >= 0.6 is 0 Å². The first-order valence-corrected chi connectivity index (χ1v) is 3.99. The van der Waals surface area contributed by atoms with Crippen molar-refractivity contribution < 1.29 is 9.84 Å². The Kier molecular flexibility index (Phi) is 3.30. The minimum atomic E-state index is -1.06. The van der Waals surface area contributed by atoms with E-state index in [-0.39, 0.29) is 6.61 Å². The standard InChI is InChI=1S/C10H11NO2/c1-8-3-2-4-10(5-8)13-7-9(12)6-11/h2-5,9,12H,7H2,1H3. The van der Waals surface area contributed by atoms with Crippen molar-refractivity contribution in [1.82, 2.24) is 0 Å². The lowest BCUT2D eigenvalue weighted by molar-refractivity contribution is 0.150. The fourth-order valence-electron chi connectivity index (χ4n) is 0.918. The second-order valence-electron chi connectivity index (χ2n) is 2.77. The lowest BCUT2D eigenvalue weighted by Crippen LogP contribution is -2.14. The molecule has 0 heterocycles. The number of aliphatic hydroxyl groups excluding tert-OH is 1. The van der Waals surface area contributed by atoms with Crippen molar-refractivity contribution in [3.8, 4) is 11.8 Å². The van der Waals surface area contributed by atoms with Crippen molar-refractivity contribution in [1.29, 1.82) is 5.26 Å². The maximum absolute atomic E-state index is 8.90. The van der Waals surface area contributed by atoms with Crippen LogP contribution in [0.1, 0.15) is 5.56 Å². The average Bonchev–Trinajstić information content (AvgIpc) is 2.14. The van der Waals surface area contributed by atoms with Crippen LogP contribution in [0.3, 0.4) is 0 Å². The topological polar surface area (TPSA) is 53.2 Å². The van der Waals surface area contributed by atoms with Gasteiger partial charge in [-0.25, -0.2) is 0 Å². The Labute approximate surface area is 77.2 Å². The lowest BCUT2D eigenvalue weighted by atomic mass is 10.2. The second kappa shape index (κ2) is 4.48. The first-order valence-electron chi connectivity index (χ1n) is 3.99. The van der Waals surface area contributed by atoms with Crippen molar-refractivity contribution in [2.75, 3.05) is 6.61 Å². The summed E-state index contributed by atoms with van der Waals surface area (Å²) in [6, 6.07) is 9.14. The normalized spacial score (nSPS) is 11.8. The Morgan fingerprint density at radius 3 is 3.00 bits per heavy atom. The Hall–Kier alpha value is -1.53. The predicted molar refractivity (Wildman–Crippen MR) is 48.3 cm³/mol. The van der Waals surface area contributed by atoms with E-state index >= 15 is 0 Å². The van der Waals surface area contributed by atoms with Crippen molar-refractivity contribution in [2.24, 2.45) is 0 Å². The molecule has 0 saturated heterocycles. The summed E-state index contributed by atoms with van der Waals surface area (Å²) >= 11 is 0. The highest BCUT2D eigenvalue weighted by molar-refractivity contribution is 5.27. The zero-order valence-corrected chi connectivity index (χ0v) is 7.40.